The summed E-state index contributed by atoms with van der Waals surface area (Å²) in [7, 11) is -2.33. The highest BCUT2D eigenvalue weighted by molar-refractivity contribution is 7.73. The Morgan fingerprint density at radius 2 is 2.22 bits per heavy atom. The number of halogens is 1. The first-order valence-corrected chi connectivity index (χ1v) is 3.57. The summed E-state index contributed by atoms with van der Waals surface area (Å²) >= 11 is 5.22. The summed E-state index contributed by atoms with van der Waals surface area (Å²) < 4.78 is 20.1. The monoisotopic (exact) mass is 165 g/mol. The molecule has 0 rings (SSSR count). The van der Waals surface area contributed by atoms with E-state index < -0.39 is 15.7 Å². The molecule has 0 aromatic carbocycles. The first-order valence-electron chi connectivity index (χ1n) is 2.06. The lowest BCUT2D eigenvalue weighted by atomic mass is 10.4. The van der Waals surface area contributed by atoms with Crippen molar-refractivity contribution in [3.63, 3.8) is 0 Å². The molecule has 0 saturated heterocycles. The van der Waals surface area contributed by atoms with Crippen LogP contribution in [0.3, 0.4) is 0 Å². The van der Waals surface area contributed by atoms with Crippen LogP contribution >= 0.6 is 11.6 Å². The van der Waals surface area contributed by atoms with Crippen LogP contribution in [0, 0.1) is 11.3 Å². The highest BCUT2D eigenvalue weighted by atomic mass is 35.5. The second-order valence-electron chi connectivity index (χ2n) is 1.34. The van der Waals surface area contributed by atoms with Crippen LogP contribution in [0.2, 0.25) is 0 Å². The van der Waals surface area contributed by atoms with Gasteiger partial charge in [0, 0.05) is 0 Å². The smallest absolute Gasteiger partial charge is 0.196 e. The van der Waals surface area contributed by atoms with Crippen molar-refractivity contribution in [1.82, 2.24) is 0 Å². The molecular formula is C4H4ClNO2S. The summed E-state index contributed by atoms with van der Waals surface area (Å²) in [6, 6.07) is 1.58. The second kappa shape index (κ2) is 3.49. The van der Waals surface area contributed by atoms with Crippen LogP contribution in [0.1, 0.15) is 6.92 Å². The molecule has 0 bridgehead atoms. The maximum absolute atomic E-state index is 10.0. The van der Waals surface area contributed by atoms with Gasteiger partial charge < -0.3 is 0 Å². The van der Waals surface area contributed by atoms with Crippen molar-refractivity contribution in [3.05, 3.63) is 0 Å². The molecule has 0 aliphatic heterocycles. The van der Waals surface area contributed by atoms with Gasteiger partial charge in [-0.05, 0) is 6.92 Å². The maximum atomic E-state index is 10.0. The fourth-order valence-corrected chi connectivity index (χ4v) is 0.615. The van der Waals surface area contributed by atoms with E-state index in [0.717, 1.165) is 0 Å². The Balaban J connectivity index is 4.67. The van der Waals surface area contributed by atoms with Crippen LogP contribution in [-0.2, 0) is 10.3 Å². The fraction of sp³-hybridized carbons (Fsp3) is 0.500. The number of nitriles is 1. The molecule has 0 radical (unpaired) electrons. The van der Waals surface area contributed by atoms with E-state index in [0.29, 0.717) is 0 Å². The van der Waals surface area contributed by atoms with Crippen molar-refractivity contribution in [2.24, 2.45) is 0 Å². The van der Waals surface area contributed by atoms with Gasteiger partial charge in [-0.15, -0.1) is 11.6 Å². The van der Waals surface area contributed by atoms with Gasteiger partial charge in [0.05, 0.1) is 10.9 Å². The van der Waals surface area contributed by atoms with E-state index in [4.69, 9.17) is 16.9 Å². The van der Waals surface area contributed by atoms with Gasteiger partial charge in [0.15, 0.2) is 5.38 Å². The number of rotatable bonds is 1. The Bertz CT molecular complexity index is 253. The highest BCUT2D eigenvalue weighted by Gasteiger charge is 2.06. The topological polar surface area (TPSA) is 57.9 Å². The van der Waals surface area contributed by atoms with Gasteiger partial charge in [0.2, 0.25) is 10.3 Å². The molecule has 0 amide bonds. The average Bonchev–Trinajstić information content (AvgIpc) is 1.84. The molecule has 0 saturated carbocycles. The van der Waals surface area contributed by atoms with Gasteiger partial charge in [-0.3, -0.25) is 0 Å². The second-order valence-corrected chi connectivity index (χ2v) is 2.89. The minimum atomic E-state index is -2.33. The summed E-state index contributed by atoms with van der Waals surface area (Å²) in [6.07, 6.45) is 0. The van der Waals surface area contributed by atoms with Crippen molar-refractivity contribution in [2.45, 2.75) is 12.3 Å². The molecule has 0 spiro atoms. The molecule has 9 heavy (non-hydrogen) atoms. The molecule has 0 N–H and O–H groups in total. The summed E-state index contributed by atoms with van der Waals surface area (Å²) in [4.78, 5) is -0.0424. The van der Waals surface area contributed by atoms with Gasteiger partial charge in [-0.25, -0.2) is 0 Å². The Morgan fingerprint density at radius 1 is 1.78 bits per heavy atom. The standard InChI is InChI=1S/C4H4ClNO2S/c1-3(9(7)8)4(5)2-6/h4H,1H3. The van der Waals surface area contributed by atoms with Gasteiger partial charge in [-0.2, -0.15) is 13.7 Å². The Morgan fingerprint density at radius 3 is 2.33 bits per heavy atom. The van der Waals surface area contributed by atoms with E-state index in [9.17, 15) is 8.42 Å². The van der Waals surface area contributed by atoms with Gasteiger partial charge in [-0.1, -0.05) is 0 Å². The molecule has 0 aliphatic rings. The molecule has 0 aliphatic carbocycles. The zero-order valence-electron chi connectivity index (χ0n) is 4.63. The number of alkyl halides is 1. The highest BCUT2D eigenvalue weighted by Crippen LogP contribution is 1.93. The summed E-state index contributed by atoms with van der Waals surface area (Å²) in [5, 5.41) is 7.05. The number of hydrogen-bond donors (Lipinski definition) is 0. The quantitative estimate of drug-likeness (QED) is 0.412. The average molecular weight is 166 g/mol. The molecule has 0 heterocycles. The lowest BCUT2D eigenvalue weighted by Crippen LogP contribution is -2.07. The SMILES string of the molecule is CC(C(Cl)C#N)=S(=O)=O. The predicted molar refractivity (Wildman–Crippen MR) is 34.9 cm³/mol. The van der Waals surface area contributed by atoms with E-state index in [-0.39, 0.29) is 4.86 Å². The van der Waals surface area contributed by atoms with Crippen LogP contribution in [0.15, 0.2) is 0 Å². The fourth-order valence-electron chi connectivity index (χ4n) is 0.175. The normalized spacial score (nSPS) is 11.7. The van der Waals surface area contributed by atoms with Crippen molar-refractivity contribution in [1.29, 1.82) is 5.26 Å². The molecule has 1 atom stereocenters. The van der Waals surface area contributed by atoms with Crippen molar-refractivity contribution >= 4 is 26.8 Å². The molecule has 0 aromatic rings. The van der Waals surface area contributed by atoms with E-state index >= 15 is 0 Å². The third-order valence-corrected chi connectivity index (χ3v) is 2.05. The van der Waals surface area contributed by atoms with Crippen LogP contribution in [-0.4, -0.2) is 18.7 Å². The van der Waals surface area contributed by atoms with E-state index in [1.807, 2.05) is 0 Å². The first kappa shape index (κ1) is 8.47. The summed E-state index contributed by atoms with van der Waals surface area (Å²) in [6.45, 7) is 1.30. The lowest BCUT2D eigenvalue weighted by Gasteiger charge is -1.88. The summed E-state index contributed by atoms with van der Waals surface area (Å²) in [5.41, 5.74) is 0. The van der Waals surface area contributed by atoms with Gasteiger partial charge >= 0.3 is 0 Å². The van der Waals surface area contributed by atoms with Crippen molar-refractivity contribution in [3.8, 4) is 6.07 Å². The zero-order valence-corrected chi connectivity index (χ0v) is 6.20. The maximum Gasteiger partial charge on any atom is 0.215 e. The molecule has 3 nitrogen and oxygen atoms in total. The molecule has 0 fully saturated rings. The van der Waals surface area contributed by atoms with Gasteiger partial charge in [0.1, 0.15) is 0 Å². The van der Waals surface area contributed by atoms with Crippen LogP contribution in [0.5, 0.6) is 0 Å². The lowest BCUT2D eigenvalue weighted by molar-refractivity contribution is 0.627. The first-order chi connectivity index (χ1) is 4.09. The van der Waals surface area contributed by atoms with E-state index in [1.54, 1.807) is 6.07 Å². The zero-order chi connectivity index (χ0) is 7.44. The molecule has 50 valence electrons. The number of nitrogens with zero attached hydrogens (tertiary/aromatic N) is 1. The van der Waals surface area contributed by atoms with Crippen molar-refractivity contribution < 1.29 is 8.42 Å². The minimum absolute atomic E-state index is 0.0424. The predicted octanol–water partition coefficient (Wildman–Crippen LogP) is 0.189. The number of hydrogen-bond acceptors (Lipinski definition) is 3. The molecule has 5 heteroatoms. The van der Waals surface area contributed by atoms with Gasteiger partial charge in [0.25, 0.3) is 0 Å². The van der Waals surface area contributed by atoms with Crippen molar-refractivity contribution in [2.75, 3.05) is 0 Å². The van der Waals surface area contributed by atoms with E-state index in [1.165, 1.54) is 6.92 Å². The Hall–Kier alpha value is -0.530. The Labute approximate surface area is 59.4 Å². The molecule has 1 unspecified atom stereocenters. The van der Waals surface area contributed by atoms with Crippen LogP contribution in [0.25, 0.3) is 0 Å². The molecular weight excluding hydrogens is 162 g/mol. The largest absolute Gasteiger partial charge is 0.215 e. The Kier molecular flexibility index (Phi) is 3.28. The van der Waals surface area contributed by atoms with Crippen LogP contribution in [0.4, 0.5) is 0 Å². The van der Waals surface area contributed by atoms with E-state index in [2.05, 4.69) is 0 Å². The summed E-state index contributed by atoms with van der Waals surface area (Å²) in [5.74, 6) is 0. The third kappa shape index (κ3) is 2.49. The van der Waals surface area contributed by atoms with Crippen LogP contribution < -0.4 is 0 Å². The third-order valence-electron chi connectivity index (χ3n) is 0.733. The molecule has 0 aromatic heterocycles. The minimum Gasteiger partial charge on any atom is -0.196 e.